The second-order valence-corrected chi connectivity index (χ2v) is 4.85. The summed E-state index contributed by atoms with van der Waals surface area (Å²) in [5, 5.41) is 3.72. The summed E-state index contributed by atoms with van der Waals surface area (Å²) in [6.45, 7) is 3.35. The van der Waals surface area contributed by atoms with E-state index in [0.717, 1.165) is 37.0 Å². The number of hydrogen-bond acceptors (Lipinski definition) is 2. The molecule has 0 radical (unpaired) electrons. The maximum Gasteiger partial charge on any atom is 0.0501 e. The molecular formula is C11H19NO. The Balaban J connectivity index is 1.59. The average molecular weight is 181 g/mol. The third kappa shape index (κ3) is 1.40. The molecule has 74 valence electrons. The minimum atomic E-state index is 0.835. The van der Waals surface area contributed by atoms with Crippen LogP contribution in [0.25, 0.3) is 0 Å². The summed E-state index contributed by atoms with van der Waals surface area (Å²) in [5.74, 6) is 2.83. The molecule has 3 unspecified atom stereocenters. The number of nitrogens with one attached hydrogen (secondary N) is 1. The summed E-state index contributed by atoms with van der Waals surface area (Å²) in [6, 6.07) is 0.835. The van der Waals surface area contributed by atoms with Gasteiger partial charge in [-0.2, -0.15) is 0 Å². The van der Waals surface area contributed by atoms with Crippen LogP contribution < -0.4 is 5.32 Å². The van der Waals surface area contributed by atoms with Crippen molar-refractivity contribution in [1.82, 2.24) is 5.32 Å². The summed E-state index contributed by atoms with van der Waals surface area (Å²) in [6.07, 6.45) is 5.67. The molecule has 3 fully saturated rings. The first-order valence-electron chi connectivity index (χ1n) is 5.78. The molecule has 0 aromatic heterocycles. The Morgan fingerprint density at radius 1 is 1.00 bits per heavy atom. The normalized spacial score (nSPS) is 49.8. The van der Waals surface area contributed by atoms with Gasteiger partial charge in [0, 0.05) is 6.04 Å². The van der Waals surface area contributed by atoms with E-state index >= 15 is 0 Å². The molecule has 1 N–H and O–H groups in total. The number of fused-ring (bicyclic) bond motifs is 1. The summed E-state index contributed by atoms with van der Waals surface area (Å²) >= 11 is 0. The topological polar surface area (TPSA) is 21.3 Å². The highest BCUT2D eigenvalue weighted by atomic mass is 16.5. The molecule has 3 rings (SSSR count). The molecule has 2 nitrogen and oxygen atoms in total. The lowest BCUT2D eigenvalue weighted by atomic mass is 10.0. The lowest BCUT2D eigenvalue weighted by Crippen LogP contribution is -2.32. The fraction of sp³-hybridized carbons (Fsp3) is 1.00. The Bertz CT molecular complexity index is 177. The van der Waals surface area contributed by atoms with E-state index < -0.39 is 0 Å². The maximum atomic E-state index is 5.43. The van der Waals surface area contributed by atoms with E-state index in [9.17, 15) is 0 Å². The number of hydrogen-bond donors (Lipinski definition) is 1. The van der Waals surface area contributed by atoms with Gasteiger partial charge in [-0.05, 0) is 37.1 Å². The van der Waals surface area contributed by atoms with Gasteiger partial charge < -0.3 is 10.1 Å². The smallest absolute Gasteiger partial charge is 0.0501 e. The van der Waals surface area contributed by atoms with Crippen LogP contribution in [-0.2, 0) is 4.74 Å². The van der Waals surface area contributed by atoms with Crippen molar-refractivity contribution in [3.05, 3.63) is 0 Å². The molecule has 0 amide bonds. The Morgan fingerprint density at radius 2 is 1.85 bits per heavy atom. The predicted octanol–water partition coefficient (Wildman–Crippen LogP) is 1.41. The van der Waals surface area contributed by atoms with Gasteiger partial charge in [0.05, 0.1) is 13.2 Å². The molecule has 0 spiro atoms. The lowest BCUT2D eigenvalue weighted by molar-refractivity contribution is 0.142. The van der Waals surface area contributed by atoms with Crippen LogP contribution in [0.5, 0.6) is 0 Å². The largest absolute Gasteiger partial charge is 0.381 e. The zero-order valence-electron chi connectivity index (χ0n) is 8.17. The van der Waals surface area contributed by atoms with Crippen LogP contribution in [0.2, 0.25) is 0 Å². The van der Waals surface area contributed by atoms with E-state index in [2.05, 4.69) is 5.32 Å². The first-order valence-corrected chi connectivity index (χ1v) is 5.78. The average Bonchev–Trinajstić information content (AvgIpc) is 2.74. The Hall–Kier alpha value is -0.0800. The minimum absolute atomic E-state index is 0.835. The predicted molar refractivity (Wildman–Crippen MR) is 51.5 cm³/mol. The molecule has 0 aromatic carbocycles. The van der Waals surface area contributed by atoms with Crippen molar-refractivity contribution in [2.24, 2.45) is 17.8 Å². The van der Waals surface area contributed by atoms with Crippen LogP contribution in [-0.4, -0.2) is 25.8 Å². The Labute approximate surface area is 80.0 Å². The van der Waals surface area contributed by atoms with Gasteiger partial charge in [0.25, 0.3) is 0 Å². The molecule has 2 heterocycles. The van der Waals surface area contributed by atoms with Crippen LogP contribution >= 0.6 is 0 Å². The van der Waals surface area contributed by atoms with Crippen LogP contribution in [0.1, 0.15) is 25.7 Å². The molecule has 1 saturated carbocycles. The highest BCUT2D eigenvalue weighted by molar-refractivity contribution is 5.05. The highest BCUT2D eigenvalue weighted by Gasteiger charge is 2.56. The summed E-state index contributed by atoms with van der Waals surface area (Å²) in [4.78, 5) is 0. The van der Waals surface area contributed by atoms with Gasteiger partial charge in [0.2, 0.25) is 0 Å². The molecule has 3 atom stereocenters. The van der Waals surface area contributed by atoms with Crippen LogP contribution in [0.4, 0.5) is 0 Å². The zero-order valence-corrected chi connectivity index (χ0v) is 8.17. The van der Waals surface area contributed by atoms with Gasteiger partial charge in [0.1, 0.15) is 0 Å². The number of ether oxygens (including phenoxy) is 1. The van der Waals surface area contributed by atoms with Crippen molar-refractivity contribution < 1.29 is 4.74 Å². The Morgan fingerprint density at radius 3 is 2.69 bits per heavy atom. The Kier molecular flexibility index (Phi) is 2.06. The molecule has 0 bridgehead atoms. The summed E-state index contributed by atoms with van der Waals surface area (Å²) in [7, 11) is 0. The van der Waals surface area contributed by atoms with Gasteiger partial charge in [-0.3, -0.25) is 0 Å². The van der Waals surface area contributed by atoms with Crippen molar-refractivity contribution >= 4 is 0 Å². The molecular weight excluding hydrogens is 162 g/mol. The molecule has 2 aliphatic heterocycles. The van der Waals surface area contributed by atoms with Crippen molar-refractivity contribution in [3.8, 4) is 0 Å². The van der Waals surface area contributed by atoms with E-state index in [1.54, 1.807) is 0 Å². The first-order chi connectivity index (χ1) is 6.47. The van der Waals surface area contributed by atoms with Crippen molar-refractivity contribution in [2.75, 3.05) is 19.8 Å². The highest BCUT2D eigenvalue weighted by Crippen LogP contribution is 2.53. The van der Waals surface area contributed by atoms with Crippen molar-refractivity contribution in [1.29, 1.82) is 0 Å². The second kappa shape index (κ2) is 3.25. The summed E-state index contributed by atoms with van der Waals surface area (Å²) in [5.41, 5.74) is 0. The minimum Gasteiger partial charge on any atom is -0.381 e. The van der Waals surface area contributed by atoms with Gasteiger partial charge in [-0.15, -0.1) is 0 Å². The first kappa shape index (κ1) is 8.25. The zero-order chi connectivity index (χ0) is 8.67. The number of rotatable bonds is 1. The van der Waals surface area contributed by atoms with Gasteiger partial charge >= 0.3 is 0 Å². The van der Waals surface area contributed by atoms with E-state index in [1.807, 2.05) is 0 Å². The van der Waals surface area contributed by atoms with Crippen molar-refractivity contribution in [3.63, 3.8) is 0 Å². The SMILES string of the molecule is C1CCNC(C2C3COCC32)CC1. The monoisotopic (exact) mass is 181 g/mol. The third-order valence-electron chi connectivity index (χ3n) is 4.08. The van der Waals surface area contributed by atoms with E-state index in [0.29, 0.717) is 0 Å². The summed E-state index contributed by atoms with van der Waals surface area (Å²) < 4.78 is 5.43. The van der Waals surface area contributed by atoms with Crippen LogP contribution in [0, 0.1) is 17.8 Å². The van der Waals surface area contributed by atoms with Gasteiger partial charge in [-0.25, -0.2) is 0 Å². The second-order valence-electron chi connectivity index (χ2n) is 4.85. The molecule has 3 aliphatic rings. The molecule has 13 heavy (non-hydrogen) atoms. The molecule has 1 aliphatic carbocycles. The standard InChI is InChI=1S/C11H19NO/c1-2-4-10(12-5-3-1)11-8-6-13-7-9(8)11/h8-12H,1-7H2. The van der Waals surface area contributed by atoms with Crippen molar-refractivity contribution in [2.45, 2.75) is 31.7 Å². The van der Waals surface area contributed by atoms with E-state index in [4.69, 9.17) is 4.74 Å². The lowest BCUT2D eigenvalue weighted by Gasteiger charge is -2.17. The molecule has 0 aromatic rings. The van der Waals surface area contributed by atoms with Gasteiger partial charge in [0.15, 0.2) is 0 Å². The third-order valence-corrected chi connectivity index (χ3v) is 4.08. The molecule has 2 heteroatoms. The van der Waals surface area contributed by atoms with E-state index in [1.165, 1.54) is 32.2 Å². The van der Waals surface area contributed by atoms with E-state index in [-0.39, 0.29) is 0 Å². The molecule has 2 saturated heterocycles. The van der Waals surface area contributed by atoms with Gasteiger partial charge in [-0.1, -0.05) is 12.8 Å². The van der Waals surface area contributed by atoms with Crippen LogP contribution in [0.15, 0.2) is 0 Å². The quantitative estimate of drug-likeness (QED) is 0.660. The fourth-order valence-electron chi connectivity index (χ4n) is 3.27. The fourth-order valence-corrected chi connectivity index (χ4v) is 3.27. The van der Waals surface area contributed by atoms with Crippen LogP contribution in [0.3, 0.4) is 0 Å². The maximum absolute atomic E-state index is 5.43.